The van der Waals surface area contributed by atoms with Crippen molar-refractivity contribution >= 4 is 6.29 Å². The van der Waals surface area contributed by atoms with Crippen molar-refractivity contribution in [3.05, 3.63) is 29.3 Å². The molecule has 0 saturated carbocycles. The average Bonchev–Trinajstić information content (AvgIpc) is 2.16. The molecule has 0 aromatic heterocycles. The molecule has 0 radical (unpaired) electrons. The van der Waals surface area contributed by atoms with E-state index in [0.29, 0.717) is 16.9 Å². The Hall–Kier alpha value is -1.35. The maximum atomic E-state index is 10.4. The molecule has 1 aromatic rings. The van der Waals surface area contributed by atoms with E-state index >= 15 is 0 Å². The van der Waals surface area contributed by atoms with E-state index in [4.69, 9.17) is 9.84 Å². The van der Waals surface area contributed by atoms with E-state index in [1.165, 1.54) is 7.11 Å². The Balaban J connectivity index is 3.10. The van der Waals surface area contributed by atoms with E-state index in [1.807, 2.05) is 0 Å². The van der Waals surface area contributed by atoms with E-state index in [2.05, 4.69) is 0 Å². The minimum Gasteiger partial charge on any atom is -0.496 e. The molecule has 3 heteroatoms. The third-order valence-electron chi connectivity index (χ3n) is 1.62. The van der Waals surface area contributed by atoms with Gasteiger partial charge in [-0.15, -0.1) is 0 Å². The van der Waals surface area contributed by atoms with Crippen molar-refractivity contribution in [3.63, 3.8) is 0 Å². The number of carbonyl (C=O) groups is 1. The van der Waals surface area contributed by atoms with Crippen LogP contribution in [0.1, 0.15) is 15.9 Å². The second-order valence-corrected chi connectivity index (χ2v) is 2.35. The molecule has 0 atom stereocenters. The second-order valence-electron chi connectivity index (χ2n) is 2.35. The van der Waals surface area contributed by atoms with Crippen LogP contribution in [0.2, 0.25) is 0 Å². The van der Waals surface area contributed by atoms with Gasteiger partial charge in [-0.25, -0.2) is 0 Å². The summed E-state index contributed by atoms with van der Waals surface area (Å²) in [6.45, 7) is -0.0810. The van der Waals surface area contributed by atoms with Crippen LogP contribution in [0.5, 0.6) is 5.75 Å². The van der Waals surface area contributed by atoms with Crippen molar-refractivity contribution in [3.8, 4) is 5.75 Å². The summed E-state index contributed by atoms with van der Waals surface area (Å²) in [6.07, 6.45) is 0.740. The molecule has 0 unspecified atom stereocenters. The van der Waals surface area contributed by atoms with E-state index < -0.39 is 0 Å². The topological polar surface area (TPSA) is 46.5 Å². The maximum Gasteiger partial charge on any atom is 0.150 e. The van der Waals surface area contributed by atoms with Crippen molar-refractivity contribution in [2.24, 2.45) is 0 Å². The quantitative estimate of drug-likeness (QED) is 0.681. The zero-order chi connectivity index (χ0) is 8.97. The SMILES string of the molecule is COc1cc(C=O)ccc1CO. The van der Waals surface area contributed by atoms with Crippen LogP contribution in [0.3, 0.4) is 0 Å². The first-order chi connectivity index (χ1) is 5.81. The number of rotatable bonds is 3. The van der Waals surface area contributed by atoms with E-state index in [0.717, 1.165) is 6.29 Å². The zero-order valence-corrected chi connectivity index (χ0v) is 6.78. The first-order valence-electron chi connectivity index (χ1n) is 3.54. The molecule has 3 nitrogen and oxygen atoms in total. The Morgan fingerprint density at radius 2 is 2.33 bits per heavy atom. The Labute approximate surface area is 70.6 Å². The Morgan fingerprint density at radius 3 is 2.83 bits per heavy atom. The molecule has 1 rings (SSSR count). The summed E-state index contributed by atoms with van der Waals surface area (Å²) in [7, 11) is 1.50. The Bertz CT molecular complexity index is 281. The maximum absolute atomic E-state index is 10.4. The normalized spacial score (nSPS) is 9.50. The van der Waals surface area contributed by atoms with Gasteiger partial charge in [0, 0.05) is 11.1 Å². The number of aliphatic hydroxyl groups is 1. The lowest BCUT2D eigenvalue weighted by atomic mass is 10.1. The molecule has 0 aliphatic rings. The molecule has 12 heavy (non-hydrogen) atoms. The van der Waals surface area contributed by atoms with Crippen molar-refractivity contribution in [2.75, 3.05) is 7.11 Å². The van der Waals surface area contributed by atoms with Crippen LogP contribution in [-0.2, 0) is 6.61 Å². The number of ether oxygens (including phenoxy) is 1. The molecular formula is C9H10O3. The average molecular weight is 166 g/mol. The van der Waals surface area contributed by atoms with Crippen molar-refractivity contribution in [1.82, 2.24) is 0 Å². The largest absolute Gasteiger partial charge is 0.496 e. The van der Waals surface area contributed by atoms with E-state index in [9.17, 15) is 4.79 Å². The molecule has 0 fully saturated rings. The smallest absolute Gasteiger partial charge is 0.150 e. The van der Waals surface area contributed by atoms with Gasteiger partial charge in [0.15, 0.2) is 0 Å². The number of benzene rings is 1. The fraction of sp³-hybridized carbons (Fsp3) is 0.222. The highest BCUT2D eigenvalue weighted by molar-refractivity contribution is 5.75. The van der Waals surface area contributed by atoms with Crippen LogP contribution in [-0.4, -0.2) is 18.5 Å². The van der Waals surface area contributed by atoms with Gasteiger partial charge in [0.2, 0.25) is 0 Å². The van der Waals surface area contributed by atoms with Crippen molar-refractivity contribution in [2.45, 2.75) is 6.61 Å². The predicted octanol–water partition coefficient (Wildman–Crippen LogP) is 1.00. The van der Waals surface area contributed by atoms with Gasteiger partial charge in [-0.3, -0.25) is 4.79 Å². The third-order valence-corrected chi connectivity index (χ3v) is 1.62. The van der Waals surface area contributed by atoms with E-state index in [-0.39, 0.29) is 6.61 Å². The molecule has 0 aliphatic carbocycles. The number of carbonyl (C=O) groups excluding carboxylic acids is 1. The Kier molecular flexibility index (Phi) is 2.82. The van der Waals surface area contributed by atoms with Crippen molar-refractivity contribution in [1.29, 1.82) is 0 Å². The first-order valence-corrected chi connectivity index (χ1v) is 3.54. The molecule has 0 spiro atoms. The fourth-order valence-electron chi connectivity index (χ4n) is 0.965. The summed E-state index contributed by atoms with van der Waals surface area (Å²) < 4.78 is 4.96. The molecule has 0 amide bonds. The predicted molar refractivity (Wildman–Crippen MR) is 44.3 cm³/mol. The highest BCUT2D eigenvalue weighted by Crippen LogP contribution is 2.18. The standard InChI is InChI=1S/C9H10O3/c1-12-9-4-7(5-10)2-3-8(9)6-11/h2-5,11H,6H2,1H3. The zero-order valence-electron chi connectivity index (χ0n) is 6.78. The van der Waals surface area contributed by atoms with Gasteiger partial charge in [-0.05, 0) is 6.07 Å². The molecule has 0 heterocycles. The van der Waals surface area contributed by atoms with Gasteiger partial charge in [-0.2, -0.15) is 0 Å². The summed E-state index contributed by atoms with van der Waals surface area (Å²) in [6, 6.07) is 4.90. The summed E-state index contributed by atoms with van der Waals surface area (Å²) >= 11 is 0. The highest BCUT2D eigenvalue weighted by atomic mass is 16.5. The monoisotopic (exact) mass is 166 g/mol. The van der Waals surface area contributed by atoms with Crippen LogP contribution in [0.25, 0.3) is 0 Å². The van der Waals surface area contributed by atoms with Gasteiger partial charge in [0.25, 0.3) is 0 Å². The Morgan fingerprint density at radius 1 is 1.58 bits per heavy atom. The lowest BCUT2D eigenvalue weighted by molar-refractivity contribution is 0.112. The minimum atomic E-state index is -0.0810. The molecule has 64 valence electrons. The fourth-order valence-corrected chi connectivity index (χ4v) is 0.965. The number of methoxy groups -OCH3 is 1. The lowest BCUT2D eigenvalue weighted by Crippen LogP contribution is -1.93. The van der Waals surface area contributed by atoms with Crippen molar-refractivity contribution < 1.29 is 14.6 Å². The molecule has 0 saturated heterocycles. The van der Waals surface area contributed by atoms with Gasteiger partial charge >= 0.3 is 0 Å². The number of hydrogen-bond acceptors (Lipinski definition) is 3. The van der Waals surface area contributed by atoms with E-state index in [1.54, 1.807) is 18.2 Å². The highest BCUT2D eigenvalue weighted by Gasteiger charge is 2.01. The molecule has 0 bridgehead atoms. The molecular weight excluding hydrogens is 156 g/mol. The molecule has 1 aromatic carbocycles. The van der Waals surface area contributed by atoms with Gasteiger partial charge in [0.05, 0.1) is 13.7 Å². The van der Waals surface area contributed by atoms with Crippen LogP contribution < -0.4 is 4.74 Å². The number of aldehydes is 1. The van der Waals surface area contributed by atoms with Gasteiger partial charge in [0.1, 0.15) is 12.0 Å². The minimum absolute atomic E-state index is 0.0810. The molecule has 1 N–H and O–H groups in total. The van der Waals surface area contributed by atoms with Crippen LogP contribution >= 0.6 is 0 Å². The summed E-state index contributed by atoms with van der Waals surface area (Å²) in [4.78, 5) is 10.4. The second kappa shape index (κ2) is 3.88. The van der Waals surface area contributed by atoms with Gasteiger partial charge in [-0.1, -0.05) is 12.1 Å². The number of aliphatic hydroxyl groups excluding tert-OH is 1. The number of hydrogen-bond donors (Lipinski definition) is 1. The summed E-state index contributed by atoms with van der Waals surface area (Å²) in [5.41, 5.74) is 1.23. The van der Waals surface area contributed by atoms with Crippen LogP contribution in [0.4, 0.5) is 0 Å². The third kappa shape index (κ3) is 1.62. The summed E-state index contributed by atoms with van der Waals surface area (Å²) in [5, 5.41) is 8.84. The van der Waals surface area contributed by atoms with Crippen LogP contribution in [0.15, 0.2) is 18.2 Å². The van der Waals surface area contributed by atoms with Gasteiger partial charge < -0.3 is 9.84 Å². The first kappa shape index (κ1) is 8.74. The summed E-state index contributed by atoms with van der Waals surface area (Å²) in [5.74, 6) is 0.544. The molecule has 0 aliphatic heterocycles. The lowest BCUT2D eigenvalue weighted by Gasteiger charge is -2.05. The van der Waals surface area contributed by atoms with Crippen LogP contribution in [0, 0.1) is 0 Å².